The van der Waals surface area contributed by atoms with E-state index >= 15 is 0 Å². The zero-order valence-corrected chi connectivity index (χ0v) is 11.6. The molecule has 20 heavy (non-hydrogen) atoms. The lowest BCUT2D eigenvalue weighted by Gasteiger charge is -2.32. The second kappa shape index (κ2) is 6.27. The van der Waals surface area contributed by atoms with Crippen molar-refractivity contribution in [1.29, 1.82) is 0 Å². The Morgan fingerprint density at radius 2 is 1.50 bits per heavy atom. The molecule has 108 valence electrons. The maximum absolute atomic E-state index is 9.07. The molecule has 0 spiro atoms. The first kappa shape index (κ1) is 14.1. The van der Waals surface area contributed by atoms with E-state index in [1.165, 1.54) is 25.7 Å². The summed E-state index contributed by atoms with van der Waals surface area (Å²) >= 11 is 0. The van der Waals surface area contributed by atoms with Gasteiger partial charge in [-0.1, -0.05) is 49.9 Å². The fraction of sp³-hybridized carbons (Fsp3) is 0.600. The third-order valence-corrected chi connectivity index (χ3v) is 4.50. The Morgan fingerprint density at radius 1 is 0.900 bits per heavy atom. The van der Waals surface area contributed by atoms with Crippen LogP contribution in [0.15, 0.2) is 24.3 Å². The van der Waals surface area contributed by atoms with Gasteiger partial charge in [0.2, 0.25) is 0 Å². The molecule has 0 bridgehead atoms. The molecule has 1 aromatic carbocycles. The van der Waals surface area contributed by atoms with Crippen LogP contribution >= 0.6 is 0 Å². The summed E-state index contributed by atoms with van der Waals surface area (Å²) in [6.07, 6.45) is 4.99. The van der Waals surface area contributed by atoms with Crippen LogP contribution < -0.4 is 5.46 Å². The van der Waals surface area contributed by atoms with Crippen molar-refractivity contribution in [1.82, 2.24) is 0 Å². The van der Waals surface area contributed by atoms with Gasteiger partial charge >= 0.3 is 7.12 Å². The SMILES string of the molecule is OB(O)c1ccc(C2OCC(C3CCCC3)CO2)cc1. The molecule has 1 heterocycles. The first-order chi connectivity index (χ1) is 9.74. The smallest absolute Gasteiger partial charge is 0.423 e. The van der Waals surface area contributed by atoms with Gasteiger partial charge in [-0.2, -0.15) is 0 Å². The van der Waals surface area contributed by atoms with Crippen LogP contribution in [0.4, 0.5) is 0 Å². The average molecular weight is 276 g/mol. The summed E-state index contributed by atoms with van der Waals surface area (Å²) in [7, 11) is -1.43. The third kappa shape index (κ3) is 3.06. The third-order valence-electron chi connectivity index (χ3n) is 4.50. The van der Waals surface area contributed by atoms with Gasteiger partial charge in [0.1, 0.15) is 0 Å². The molecule has 1 aliphatic carbocycles. The Morgan fingerprint density at radius 3 is 2.05 bits per heavy atom. The van der Waals surface area contributed by atoms with E-state index in [2.05, 4.69) is 0 Å². The van der Waals surface area contributed by atoms with Gasteiger partial charge in [0.05, 0.1) is 13.2 Å². The van der Waals surface area contributed by atoms with Gasteiger partial charge < -0.3 is 19.5 Å². The summed E-state index contributed by atoms with van der Waals surface area (Å²) in [5.74, 6) is 1.30. The zero-order chi connectivity index (χ0) is 13.9. The minimum absolute atomic E-state index is 0.322. The van der Waals surface area contributed by atoms with E-state index in [1.54, 1.807) is 12.1 Å². The molecule has 4 nitrogen and oxygen atoms in total. The van der Waals surface area contributed by atoms with Crippen molar-refractivity contribution in [3.8, 4) is 0 Å². The highest BCUT2D eigenvalue weighted by atomic mass is 16.7. The fourth-order valence-electron chi connectivity index (χ4n) is 3.24. The van der Waals surface area contributed by atoms with Crippen molar-refractivity contribution >= 4 is 12.6 Å². The van der Waals surface area contributed by atoms with Crippen molar-refractivity contribution in [2.75, 3.05) is 13.2 Å². The Labute approximate surface area is 119 Å². The van der Waals surface area contributed by atoms with Crippen LogP contribution in [0.1, 0.15) is 37.5 Å². The predicted molar refractivity (Wildman–Crippen MR) is 76.4 cm³/mol. The van der Waals surface area contributed by atoms with Crippen LogP contribution in [-0.2, 0) is 9.47 Å². The van der Waals surface area contributed by atoms with E-state index < -0.39 is 7.12 Å². The molecule has 5 heteroatoms. The highest BCUT2D eigenvalue weighted by Crippen LogP contribution is 2.35. The maximum Gasteiger partial charge on any atom is 0.488 e. The number of benzene rings is 1. The Balaban J connectivity index is 1.57. The highest BCUT2D eigenvalue weighted by molar-refractivity contribution is 6.58. The second-order valence-corrected chi connectivity index (χ2v) is 5.84. The molecule has 2 aliphatic rings. The van der Waals surface area contributed by atoms with Crippen LogP contribution in [0.5, 0.6) is 0 Å². The Kier molecular flexibility index (Phi) is 4.41. The molecule has 0 unspecified atom stereocenters. The topological polar surface area (TPSA) is 58.9 Å². The van der Waals surface area contributed by atoms with E-state index in [1.807, 2.05) is 12.1 Å². The summed E-state index contributed by atoms with van der Waals surface area (Å²) in [5.41, 5.74) is 1.41. The van der Waals surface area contributed by atoms with Crippen molar-refractivity contribution in [2.24, 2.45) is 11.8 Å². The molecule has 1 aliphatic heterocycles. The van der Waals surface area contributed by atoms with Gasteiger partial charge in [0, 0.05) is 11.5 Å². The highest BCUT2D eigenvalue weighted by Gasteiger charge is 2.31. The van der Waals surface area contributed by atoms with Crippen LogP contribution in [0.2, 0.25) is 0 Å². The van der Waals surface area contributed by atoms with Crippen molar-refractivity contribution in [3.05, 3.63) is 29.8 Å². The van der Waals surface area contributed by atoms with E-state index in [-0.39, 0.29) is 6.29 Å². The van der Waals surface area contributed by atoms with Crippen LogP contribution in [0.3, 0.4) is 0 Å². The predicted octanol–water partition coefficient (Wildman–Crippen LogP) is 1.22. The summed E-state index contributed by atoms with van der Waals surface area (Å²) in [6.45, 7) is 1.53. The Hall–Kier alpha value is -0.875. The molecule has 1 saturated heterocycles. The van der Waals surface area contributed by atoms with Crippen LogP contribution in [0.25, 0.3) is 0 Å². The fourth-order valence-corrected chi connectivity index (χ4v) is 3.24. The van der Waals surface area contributed by atoms with Gasteiger partial charge in [-0.25, -0.2) is 0 Å². The Bertz CT molecular complexity index is 420. The van der Waals surface area contributed by atoms with Gasteiger partial charge in [0.15, 0.2) is 6.29 Å². The standard InChI is InChI=1S/C15H21BO4/c17-16(18)14-7-5-12(6-8-14)15-19-9-13(10-20-15)11-3-1-2-4-11/h5-8,11,13,15,17-18H,1-4,9-10H2. The molecule has 0 atom stereocenters. The lowest BCUT2D eigenvalue weighted by Crippen LogP contribution is -2.32. The van der Waals surface area contributed by atoms with Gasteiger partial charge in [0.25, 0.3) is 0 Å². The molecule has 1 aromatic rings. The molecular weight excluding hydrogens is 255 g/mol. The van der Waals surface area contributed by atoms with E-state index in [0.717, 1.165) is 24.7 Å². The monoisotopic (exact) mass is 276 g/mol. The number of rotatable bonds is 3. The molecule has 0 amide bonds. The van der Waals surface area contributed by atoms with Gasteiger partial charge in [-0.05, 0) is 11.4 Å². The molecule has 3 rings (SSSR count). The first-order valence-electron chi connectivity index (χ1n) is 7.43. The zero-order valence-electron chi connectivity index (χ0n) is 11.6. The van der Waals surface area contributed by atoms with Crippen molar-refractivity contribution in [3.63, 3.8) is 0 Å². The van der Waals surface area contributed by atoms with E-state index in [9.17, 15) is 0 Å². The normalized spacial score (nSPS) is 27.7. The van der Waals surface area contributed by atoms with Gasteiger partial charge in [-0.15, -0.1) is 0 Å². The molecule has 0 aromatic heterocycles. The summed E-state index contributed by atoms with van der Waals surface area (Å²) < 4.78 is 11.7. The molecule has 2 fully saturated rings. The number of hydrogen-bond acceptors (Lipinski definition) is 4. The summed E-state index contributed by atoms with van der Waals surface area (Å²) in [5, 5.41) is 18.1. The van der Waals surface area contributed by atoms with Crippen molar-refractivity contribution in [2.45, 2.75) is 32.0 Å². The van der Waals surface area contributed by atoms with Crippen molar-refractivity contribution < 1.29 is 19.5 Å². The first-order valence-corrected chi connectivity index (χ1v) is 7.43. The number of hydrogen-bond donors (Lipinski definition) is 2. The van der Waals surface area contributed by atoms with Crippen LogP contribution in [-0.4, -0.2) is 30.4 Å². The molecule has 0 radical (unpaired) electrons. The lowest BCUT2D eigenvalue weighted by molar-refractivity contribution is -0.212. The lowest BCUT2D eigenvalue weighted by atomic mass is 9.80. The largest absolute Gasteiger partial charge is 0.488 e. The quantitative estimate of drug-likeness (QED) is 0.815. The summed E-state index contributed by atoms with van der Waals surface area (Å²) in [4.78, 5) is 0. The average Bonchev–Trinajstić information content (AvgIpc) is 3.02. The molecule has 1 saturated carbocycles. The minimum atomic E-state index is -1.43. The van der Waals surface area contributed by atoms with E-state index in [0.29, 0.717) is 11.4 Å². The summed E-state index contributed by atoms with van der Waals surface area (Å²) in [6, 6.07) is 7.04. The maximum atomic E-state index is 9.07. The minimum Gasteiger partial charge on any atom is -0.423 e. The van der Waals surface area contributed by atoms with Gasteiger partial charge in [-0.3, -0.25) is 0 Å². The van der Waals surface area contributed by atoms with E-state index in [4.69, 9.17) is 19.5 Å². The molecular formula is C15H21BO4. The molecule has 2 N–H and O–H groups in total. The second-order valence-electron chi connectivity index (χ2n) is 5.84. The van der Waals surface area contributed by atoms with Crippen LogP contribution in [0, 0.1) is 11.8 Å². The number of ether oxygens (including phenoxy) is 2.